The summed E-state index contributed by atoms with van der Waals surface area (Å²) in [5, 5.41) is 0. The molecule has 0 amide bonds. The summed E-state index contributed by atoms with van der Waals surface area (Å²) in [5.74, 6) is 6.73. The first-order chi connectivity index (χ1) is 21.9. The minimum absolute atomic E-state index is 0.534. The van der Waals surface area contributed by atoms with Crippen LogP contribution >= 0.6 is 0 Å². The Morgan fingerprint density at radius 1 is 0.761 bits per heavy atom. The zero-order valence-corrected chi connectivity index (χ0v) is 33.5. The van der Waals surface area contributed by atoms with Gasteiger partial charge in [-0.05, 0) is 129 Å². The van der Waals surface area contributed by atoms with Crippen LogP contribution in [0.25, 0.3) is 0 Å². The molecule has 0 bridgehead atoms. The largest absolute Gasteiger partial charge is 0.103 e. The Bertz CT molecular complexity index is 831. The van der Waals surface area contributed by atoms with Gasteiger partial charge in [0.15, 0.2) is 0 Å². The van der Waals surface area contributed by atoms with Crippen molar-refractivity contribution < 1.29 is 0 Å². The lowest BCUT2D eigenvalue weighted by Crippen LogP contribution is -2.29. The van der Waals surface area contributed by atoms with E-state index in [9.17, 15) is 0 Å². The Morgan fingerprint density at radius 2 is 1.39 bits per heavy atom. The SMILES string of the molecule is C=CCCCCCCCCCCCC1CC1(C)C(C)C(C)CC(C(C)CC(C)CCC)C(C=C(C)C1CCC(C)(C)C1)CCCC. The second-order valence-electron chi connectivity index (χ2n) is 18.5. The van der Waals surface area contributed by atoms with Crippen LogP contribution in [-0.4, -0.2) is 0 Å². The number of allylic oxidation sites excluding steroid dienone is 3. The van der Waals surface area contributed by atoms with E-state index < -0.39 is 0 Å². The predicted molar refractivity (Wildman–Crippen MR) is 209 cm³/mol. The van der Waals surface area contributed by atoms with Crippen molar-refractivity contribution >= 4 is 0 Å². The lowest BCUT2D eigenvalue weighted by molar-refractivity contribution is 0.140. The molecule has 0 nitrogen and oxygen atoms in total. The third kappa shape index (κ3) is 14.5. The Balaban J connectivity index is 1.98. The smallest absolute Gasteiger partial charge is 0.0200 e. The first-order valence-corrected chi connectivity index (χ1v) is 21.2. The normalized spacial score (nSPS) is 26.8. The molecule has 0 aliphatic heterocycles. The summed E-state index contributed by atoms with van der Waals surface area (Å²) in [5.41, 5.74) is 2.87. The molecule has 2 aliphatic carbocycles. The molecule has 46 heavy (non-hydrogen) atoms. The van der Waals surface area contributed by atoms with Gasteiger partial charge in [0.05, 0.1) is 0 Å². The molecular formula is C46H86. The van der Waals surface area contributed by atoms with Gasteiger partial charge in [0, 0.05) is 0 Å². The minimum Gasteiger partial charge on any atom is -0.103 e. The Morgan fingerprint density at radius 3 is 1.96 bits per heavy atom. The van der Waals surface area contributed by atoms with Gasteiger partial charge in [-0.3, -0.25) is 0 Å². The zero-order valence-electron chi connectivity index (χ0n) is 33.5. The molecule has 2 rings (SSSR count). The standard InChI is InChI=1S/C46H86/c1-12-15-17-18-19-20-21-22-23-24-25-28-43-35-46(43,11)40(8)37(5)33-44(39(7)31-36(4)26-14-3)41(27-16-13-2)32-38(6)42-29-30-45(9,10)34-42/h12,32,36-37,39-44H,1,13-31,33-35H2,2-11H3. The summed E-state index contributed by atoms with van der Waals surface area (Å²) in [6.07, 6.45) is 35.9. The molecule has 0 spiro atoms. The van der Waals surface area contributed by atoms with E-state index in [-0.39, 0.29) is 0 Å². The van der Waals surface area contributed by atoms with Gasteiger partial charge < -0.3 is 0 Å². The fraction of sp³-hybridized carbons (Fsp3) is 0.913. The highest BCUT2D eigenvalue weighted by Gasteiger charge is 2.53. The number of hydrogen-bond acceptors (Lipinski definition) is 0. The molecule has 0 N–H and O–H groups in total. The first kappa shape index (κ1) is 41.7. The van der Waals surface area contributed by atoms with Gasteiger partial charge in [-0.25, -0.2) is 0 Å². The number of hydrogen-bond donors (Lipinski definition) is 0. The van der Waals surface area contributed by atoms with Crippen molar-refractivity contribution in [2.24, 2.45) is 58.2 Å². The van der Waals surface area contributed by atoms with Crippen molar-refractivity contribution in [3.05, 3.63) is 24.3 Å². The molecule has 2 aliphatic rings. The van der Waals surface area contributed by atoms with Crippen molar-refractivity contribution in [2.45, 2.75) is 210 Å². The van der Waals surface area contributed by atoms with Crippen molar-refractivity contribution in [1.82, 2.24) is 0 Å². The second kappa shape index (κ2) is 21.5. The van der Waals surface area contributed by atoms with Crippen LogP contribution in [0.2, 0.25) is 0 Å². The fourth-order valence-corrected chi connectivity index (χ4v) is 10.1. The molecule has 2 saturated carbocycles. The van der Waals surface area contributed by atoms with Crippen molar-refractivity contribution in [3.63, 3.8) is 0 Å². The summed E-state index contributed by atoms with van der Waals surface area (Å²) in [7, 11) is 0. The van der Waals surface area contributed by atoms with Crippen LogP contribution in [0.3, 0.4) is 0 Å². The zero-order chi connectivity index (χ0) is 34.2. The Labute approximate surface area is 292 Å². The van der Waals surface area contributed by atoms with E-state index in [4.69, 9.17) is 0 Å². The van der Waals surface area contributed by atoms with Crippen LogP contribution in [0.5, 0.6) is 0 Å². The fourth-order valence-electron chi connectivity index (χ4n) is 10.1. The van der Waals surface area contributed by atoms with Crippen molar-refractivity contribution in [1.29, 1.82) is 0 Å². The molecule has 9 atom stereocenters. The molecule has 270 valence electrons. The third-order valence-electron chi connectivity index (χ3n) is 13.8. The molecule has 9 unspecified atom stereocenters. The molecular weight excluding hydrogens is 553 g/mol. The van der Waals surface area contributed by atoms with Gasteiger partial charge in [-0.15, -0.1) is 6.58 Å². The summed E-state index contributed by atoms with van der Waals surface area (Å²) in [4.78, 5) is 0. The van der Waals surface area contributed by atoms with E-state index >= 15 is 0 Å². The summed E-state index contributed by atoms with van der Waals surface area (Å²) >= 11 is 0. The molecule has 2 fully saturated rings. The van der Waals surface area contributed by atoms with E-state index in [0.717, 1.165) is 47.3 Å². The highest BCUT2D eigenvalue weighted by molar-refractivity contribution is 5.11. The maximum atomic E-state index is 3.85. The van der Waals surface area contributed by atoms with E-state index in [1.54, 1.807) is 5.57 Å². The lowest BCUT2D eigenvalue weighted by Gasteiger charge is -2.37. The maximum Gasteiger partial charge on any atom is -0.0200 e. The highest BCUT2D eigenvalue weighted by atomic mass is 14.6. The van der Waals surface area contributed by atoms with Crippen LogP contribution < -0.4 is 0 Å². The van der Waals surface area contributed by atoms with Gasteiger partial charge >= 0.3 is 0 Å². The summed E-state index contributed by atoms with van der Waals surface area (Å²) < 4.78 is 0. The van der Waals surface area contributed by atoms with E-state index in [1.807, 2.05) is 0 Å². The molecule has 0 heteroatoms. The van der Waals surface area contributed by atoms with E-state index in [0.29, 0.717) is 10.8 Å². The van der Waals surface area contributed by atoms with Gasteiger partial charge in [0.1, 0.15) is 0 Å². The predicted octanol–water partition coefficient (Wildman–Crippen LogP) is 15.8. The maximum absolute atomic E-state index is 3.85. The average molecular weight is 639 g/mol. The van der Waals surface area contributed by atoms with Gasteiger partial charge in [0.2, 0.25) is 0 Å². The Hall–Kier alpha value is -0.520. The Kier molecular flexibility index (Phi) is 19.5. The molecule has 0 aromatic heterocycles. The van der Waals surface area contributed by atoms with E-state index in [1.165, 1.54) is 141 Å². The number of unbranched alkanes of at least 4 members (excludes halogenated alkanes) is 10. The van der Waals surface area contributed by atoms with Crippen molar-refractivity contribution in [2.75, 3.05) is 0 Å². The van der Waals surface area contributed by atoms with Crippen LogP contribution in [0, 0.1) is 58.2 Å². The quantitative estimate of drug-likeness (QED) is 0.0620. The van der Waals surface area contributed by atoms with Gasteiger partial charge in [-0.1, -0.05) is 157 Å². The summed E-state index contributed by atoms with van der Waals surface area (Å²) in [6, 6.07) is 0. The molecule has 0 saturated heterocycles. The monoisotopic (exact) mass is 639 g/mol. The lowest BCUT2D eigenvalue weighted by atomic mass is 9.68. The number of rotatable bonds is 27. The third-order valence-corrected chi connectivity index (χ3v) is 13.8. The van der Waals surface area contributed by atoms with Crippen LogP contribution in [-0.2, 0) is 0 Å². The van der Waals surface area contributed by atoms with E-state index in [2.05, 4.69) is 88.0 Å². The van der Waals surface area contributed by atoms with Crippen LogP contribution in [0.4, 0.5) is 0 Å². The molecule has 0 radical (unpaired) electrons. The molecule has 0 heterocycles. The minimum atomic E-state index is 0.534. The average Bonchev–Trinajstić information content (AvgIpc) is 3.53. The van der Waals surface area contributed by atoms with Crippen molar-refractivity contribution in [3.8, 4) is 0 Å². The molecule has 0 aromatic carbocycles. The highest BCUT2D eigenvalue weighted by Crippen LogP contribution is 2.62. The van der Waals surface area contributed by atoms with Gasteiger partial charge in [-0.2, -0.15) is 0 Å². The van der Waals surface area contributed by atoms with Gasteiger partial charge in [0.25, 0.3) is 0 Å². The topological polar surface area (TPSA) is 0 Å². The molecule has 0 aromatic rings. The van der Waals surface area contributed by atoms with Crippen LogP contribution in [0.15, 0.2) is 24.3 Å². The second-order valence-corrected chi connectivity index (χ2v) is 18.5. The summed E-state index contributed by atoms with van der Waals surface area (Å²) in [6.45, 7) is 29.3. The first-order valence-electron chi connectivity index (χ1n) is 21.2. The van der Waals surface area contributed by atoms with Crippen LogP contribution in [0.1, 0.15) is 210 Å².